The molecule has 10 heavy (non-hydrogen) atoms. The number of anilines is 1. The lowest BCUT2D eigenvalue weighted by atomic mass is 10.4. The molecule has 0 amide bonds. The van der Waals surface area contributed by atoms with Crippen LogP contribution in [0.1, 0.15) is 0 Å². The van der Waals surface area contributed by atoms with E-state index in [0.717, 1.165) is 5.69 Å². The fourth-order valence-corrected chi connectivity index (χ4v) is 0.659. The Balaban J connectivity index is 2.75. The van der Waals surface area contributed by atoms with Crippen molar-refractivity contribution in [3.63, 3.8) is 0 Å². The van der Waals surface area contributed by atoms with E-state index < -0.39 is 0 Å². The van der Waals surface area contributed by atoms with Gasteiger partial charge in [-0.25, -0.2) is 0 Å². The van der Waals surface area contributed by atoms with E-state index in [1.165, 1.54) is 0 Å². The molecular formula is C7H10N2O. The molecule has 0 N–H and O–H groups in total. The fraction of sp³-hybridized carbons (Fsp3) is 0.286. The Bertz CT molecular complexity index is 188. The van der Waals surface area contributed by atoms with Crippen LogP contribution >= 0.6 is 0 Å². The number of pyridine rings is 1. The Hall–Kier alpha value is -1.09. The molecule has 1 aromatic heterocycles. The summed E-state index contributed by atoms with van der Waals surface area (Å²) in [6.45, 7) is 0. The highest BCUT2D eigenvalue weighted by Gasteiger charge is 1.94. The number of aromatic nitrogens is 1. The van der Waals surface area contributed by atoms with Gasteiger partial charge in [0.2, 0.25) is 0 Å². The van der Waals surface area contributed by atoms with E-state index in [1.807, 2.05) is 19.2 Å². The molecule has 0 saturated carbocycles. The van der Waals surface area contributed by atoms with Gasteiger partial charge in [-0.2, -0.15) is 0 Å². The highest BCUT2D eigenvalue weighted by atomic mass is 16.7. The minimum absolute atomic E-state index is 0.998. The predicted molar refractivity (Wildman–Crippen MR) is 39.6 cm³/mol. The summed E-state index contributed by atoms with van der Waals surface area (Å²) in [5, 5.41) is 1.67. The van der Waals surface area contributed by atoms with Crippen LogP contribution in [0, 0.1) is 0 Å². The molecule has 0 aliphatic carbocycles. The van der Waals surface area contributed by atoms with E-state index in [-0.39, 0.29) is 0 Å². The zero-order valence-corrected chi connectivity index (χ0v) is 6.11. The van der Waals surface area contributed by atoms with Crippen LogP contribution in [0.5, 0.6) is 0 Å². The van der Waals surface area contributed by atoms with E-state index in [4.69, 9.17) is 4.84 Å². The van der Waals surface area contributed by atoms with E-state index in [2.05, 4.69) is 4.98 Å². The molecule has 3 nitrogen and oxygen atoms in total. The SMILES string of the molecule is CON(C)c1ccncc1. The van der Waals surface area contributed by atoms with Gasteiger partial charge in [0.1, 0.15) is 0 Å². The van der Waals surface area contributed by atoms with Gasteiger partial charge in [-0.05, 0) is 12.1 Å². The molecule has 0 saturated heterocycles. The number of hydrogen-bond donors (Lipinski definition) is 0. The minimum atomic E-state index is 0.998. The average Bonchev–Trinajstić information content (AvgIpc) is 2.05. The third-order valence-corrected chi connectivity index (χ3v) is 1.30. The second kappa shape index (κ2) is 3.17. The van der Waals surface area contributed by atoms with E-state index in [1.54, 1.807) is 24.6 Å². The second-order valence-electron chi connectivity index (χ2n) is 1.89. The molecule has 3 heteroatoms. The van der Waals surface area contributed by atoms with Crippen LogP contribution in [-0.4, -0.2) is 19.1 Å². The lowest BCUT2D eigenvalue weighted by molar-refractivity contribution is 0.184. The number of hydroxylamine groups is 1. The summed E-state index contributed by atoms with van der Waals surface area (Å²) >= 11 is 0. The molecule has 0 fully saturated rings. The zero-order chi connectivity index (χ0) is 7.40. The maximum atomic E-state index is 4.94. The second-order valence-corrected chi connectivity index (χ2v) is 1.89. The Labute approximate surface area is 60.2 Å². The van der Waals surface area contributed by atoms with Crippen LogP contribution in [-0.2, 0) is 4.84 Å². The van der Waals surface area contributed by atoms with Gasteiger partial charge in [-0.1, -0.05) is 0 Å². The topological polar surface area (TPSA) is 25.4 Å². The van der Waals surface area contributed by atoms with Gasteiger partial charge >= 0.3 is 0 Å². The molecule has 0 bridgehead atoms. The van der Waals surface area contributed by atoms with Crippen molar-refractivity contribution in [1.29, 1.82) is 0 Å². The zero-order valence-electron chi connectivity index (χ0n) is 6.11. The lowest BCUT2D eigenvalue weighted by Crippen LogP contribution is -2.14. The molecular weight excluding hydrogens is 128 g/mol. The molecule has 1 rings (SSSR count). The summed E-state index contributed by atoms with van der Waals surface area (Å²) in [7, 11) is 3.47. The van der Waals surface area contributed by atoms with Crippen molar-refractivity contribution in [3.05, 3.63) is 24.5 Å². The van der Waals surface area contributed by atoms with Gasteiger partial charge in [-0.3, -0.25) is 14.9 Å². The fourth-order valence-electron chi connectivity index (χ4n) is 0.659. The molecule has 0 aromatic carbocycles. The van der Waals surface area contributed by atoms with Crippen molar-refractivity contribution in [1.82, 2.24) is 4.98 Å². The Kier molecular flexibility index (Phi) is 2.23. The van der Waals surface area contributed by atoms with Crippen LogP contribution in [0.4, 0.5) is 5.69 Å². The molecule has 0 atom stereocenters. The largest absolute Gasteiger partial charge is 0.277 e. The molecule has 0 aliphatic rings. The summed E-state index contributed by atoms with van der Waals surface area (Å²) in [5.41, 5.74) is 0.998. The average molecular weight is 138 g/mol. The van der Waals surface area contributed by atoms with Crippen molar-refractivity contribution in [2.75, 3.05) is 19.2 Å². The Morgan fingerprint density at radius 1 is 1.40 bits per heavy atom. The van der Waals surface area contributed by atoms with Gasteiger partial charge in [-0.15, -0.1) is 0 Å². The van der Waals surface area contributed by atoms with Crippen molar-refractivity contribution < 1.29 is 4.84 Å². The molecule has 1 heterocycles. The summed E-state index contributed by atoms with van der Waals surface area (Å²) in [4.78, 5) is 8.82. The van der Waals surface area contributed by atoms with E-state index in [9.17, 15) is 0 Å². The van der Waals surface area contributed by atoms with Crippen molar-refractivity contribution in [2.24, 2.45) is 0 Å². The highest BCUT2D eigenvalue weighted by Crippen LogP contribution is 2.08. The smallest absolute Gasteiger partial charge is 0.0663 e. The van der Waals surface area contributed by atoms with Gasteiger partial charge in [0, 0.05) is 19.4 Å². The summed E-state index contributed by atoms with van der Waals surface area (Å²) < 4.78 is 0. The van der Waals surface area contributed by atoms with Crippen molar-refractivity contribution in [2.45, 2.75) is 0 Å². The molecule has 0 spiro atoms. The quantitative estimate of drug-likeness (QED) is 0.572. The predicted octanol–water partition coefficient (Wildman–Crippen LogP) is 1.08. The maximum Gasteiger partial charge on any atom is 0.0663 e. The monoisotopic (exact) mass is 138 g/mol. The summed E-state index contributed by atoms with van der Waals surface area (Å²) in [6, 6.07) is 3.76. The highest BCUT2D eigenvalue weighted by molar-refractivity contribution is 5.40. The van der Waals surface area contributed by atoms with E-state index in [0.29, 0.717) is 0 Å². The first-order valence-corrected chi connectivity index (χ1v) is 3.02. The first-order chi connectivity index (χ1) is 4.84. The van der Waals surface area contributed by atoms with Crippen LogP contribution in [0.25, 0.3) is 0 Å². The van der Waals surface area contributed by atoms with Crippen LogP contribution in [0.15, 0.2) is 24.5 Å². The maximum absolute atomic E-state index is 4.94. The van der Waals surface area contributed by atoms with Crippen molar-refractivity contribution in [3.8, 4) is 0 Å². The normalized spacial score (nSPS) is 9.40. The van der Waals surface area contributed by atoms with Gasteiger partial charge in [0.25, 0.3) is 0 Å². The van der Waals surface area contributed by atoms with Gasteiger partial charge in [0.05, 0.1) is 12.8 Å². The molecule has 0 radical (unpaired) electrons. The van der Waals surface area contributed by atoms with Crippen LogP contribution in [0.2, 0.25) is 0 Å². The number of nitrogens with zero attached hydrogens (tertiary/aromatic N) is 2. The molecule has 0 unspecified atom stereocenters. The third kappa shape index (κ3) is 1.45. The van der Waals surface area contributed by atoms with E-state index >= 15 is 0 Å². The van der Waals surface area contributed by atoms with Gasteiger partial charge < -0.3 is 0 Å². The third-order valence-electron chi connectivity index (χ3n) is 1.30. The minimum Gasteiger partial charge on any atom is -0.277 e. The first-order valence-electron chi connectivity index (χ1n) is 3.02. The molecule has 54 valence electrons. The standard InChI is InChI=1S/C7H10N2O/c1-9(10-2)7-3-5-8-6-4-7/h3-6H,1-2H3. The van der Waals surface area contributed by atoms with Gasteiger partial charge in [0.15, 0.2) is 0 Å². The number of rotatable bonds is 2. The molecule has 0 aliphatic heterocycles. The first kappa shape index (κ1) is 7.02. The lowest BCUT2D eigenvalue weighted by Gasteiger charge is -2.14. The molecule has 1 aromatic rings. The Morgan fingerprint density at radius 2 is 2.00 bits per heavy atom. The van der Waals surface area contributed by atoms with Crippen molar-refractivity contribution >= 4 is 5.69 Å². The Morgan fingerprint density at radius 3 is 2.50 bits per heavy atom. The summed E-state index contributed by atoms with van der Waals surface area (Å²) in [5.74, 6) is 0. The summed E-state index contributed by atoms with van der Waals surface area (Å²) in [6.07, 6.45) is 3.45. The number of hydrogen-bond acceptors (Lipinski definition) is 3. The van der Waals surface area contributed by atoms with Crippen LogP contribution < -0.4 is 5.06 Å². The van der Waals surface area contributed by atoms with Crippen LogP contribution in [0.3, 0.4) is 0 Å².